The van der Waals surface area contributed by atoms with E-state index < -0.39 is 0 Å². The summed E-state index contributed by atoms with van der Waals surface area (Å²) in [4.78, 5) is 21.9. The molecule has 1 aromatic rings. The number of hydrogen-bond acceptors (Lipinski definition) is 4. The Hall–Kier alpha value is -1.65. The van der Waals surface area contributed by atoms with Crippen molar-refractivity contribution in [2.45, 2.75) is 25.7 Å². The zero-order valence-corrected chi connectivity index (χ0v) is 10.3. The van der Waals surface area contributed by atoms with Crippen molar-refractivity contribution in [1.82, 2.24) is 14.9 Å². The molecule has 0 spiro atoms. The second-order valence-corrected chi connectivity index (χ2v) is 4.38. The fourth-order valence-electron chi connectivity index (χ4n) is 2.20. The van der Waals surface area contributed by atoms with Crippen LogP contribution in [0.2, 0.25) is 0 Å². The normalized spacial score (nSPS) is 20.1. The molecule has 5 heteroatoms. The highest BCUT2D eigenvalue weighted by Crippen LogP contribution is 2.25. The smallest absolute Gasteiger partial charge is 0.219 e. The molecule has 0 saturated carbocycles. The molecule has 92 valence electrons. The Balaban J connectivity index is 2.13. The summed E-state index contributed by atoms with van der Waals surface area (Å²) in [5.41, 5.74) is 0.975. The van der Waals surface area contributed by atoms with Crippen LogP contribution in [0.5, 0.6) is 0 Å². The summed E-state index contributed by atoms with van der Waals surface area (Å²) in [6.07, 6.45) is 5.62. The number of likely N-dealkylation sites (tertiary alicyclic amines) is 1. The third kappa shape index (κ3) is 2.72. The quantitative estimate of drug-likeness (QED) is 0.836. The highest BCUT2D eigenvalue weighted by atomic mass is 16.2. The van der Waals surface area contributed by atoms with Gasteiger partial charge in [-0.2, -0.15) is 0 Å². The maximum absolute atomic E-state index is 11.4. The van der Waals surface area contributed by atoms with Crippen molar-refractivity contribution in [3.63, 3.8) is 0 Å². The van der Waals surface area contributed by atoms with Gasteiger partial charge in [-0.05, 0) is 12.8 Å². The third-order valence-electron chi connectivity index (χ3n) is 3.19. The average Bonchev–Trinajstić information content (AvgIpc) is 2.39. The van der Waals surface area contributed by atoms with Crippen LogP contribution in [0.25, 0.3) is 0 Å². The Labute approximate surface area is 101 Å². The molecule has 2 heterocycles. The van der Waals surface area contributed by atoms with Gasteiger partial charge in [-0.1, -0.05) is 0 Å². The van der Waals surface area contributed by atoms with Crippen LogP contribution < -0.4 is 5.32 Å². The summed E-state index contributed by atoms with van der Waals surface area (Å²) in [5, 5.41) is 2.99. The molecular formula is C12H18N4O. The fraction of sp³-hybridized carbons (Fsp3) is 0.583. The molecule has 1 saturated heterocycles. The van der Waals surface area contributed by atoms with Crippen LogP contribution in [0.1, 0.15) is 31.4 Å². The molecule has 1 unspecified atom stereocenters. The first kappa shape index (κ1) is 11.8. The molecule has 1 amide bonds. The van der Waals surface area contributed by atoms with E-state index in [-0.39, 0.29) is 5.91 Å². The first-order valence-corrected chi connectivity index (χ1v) is 5.96. The molecule has 0 bridgehead atoms. The zero-order valence-electron chi connectivity index (χ0n) is 10.3. The lowest BCUT2D eigenvalue weighted by molar-refractivity contribution is -0.130. The number of carbonyl (C=O) groups is 1. The molecule has 1 aromatic heterocycles. The number of nitrogens with zero attached hydrogens (tertiary/aromatic N) is 3. The highest BCUT2D eigenvalue weighted by molar-refractivity contribution is 5.73. The molecule has 17 heavy (non-hydrogen) atoms. The topological polar surface area (TPSA) is 58.1 Å². The molecule has 1 fully saturated rings. The molecular weight excluding hydrogens is 216 g/mol. The van der Waals surface area contributed by atoms with E-state index in [0.717, 1.165) is 37.4 Å². The van der Waals surface area contributed by atoms with E-state index in [4.69, 9.17) is 0 Å². The van der Waals surface area contributed by atoms with Crippen LogP contribution in [-0.4, -0.2) is 40.9 Å². The van der Waals surface area contributed by atoms with Crippen LogP contribution in [0.15, 0.2) is 12.4 Å². The number of nitrogens with one attached hydrogen (secondary N) is 1. The van der Waals surface area contributed by atoms with E-state index in [1.54, 1.807) is 19.3 Å². The van der Waals surface area contributed by atoms with Gasteiger partial charge in [0.2, 0.25) is 5.91 Å². The van der Waals surface area contributed by atoms with Crippen LogP contribution in [-0.2, 0) is 4.79 Å². The minimum Gasteiger partial charge on any atom is -0.372 e. The minimum atomic E-state index is 0.146. The monoisotopic (exact) mass is 234 g/mol. The number of piperidine rings is 1. The summed E-state index contributed by atoms with van der Waals surface area (Å²) in [6.45, 7) is 3.25. The molecule has 1 aliphatic rings. The number of rotatable bonds is 2. The lowest BCUT2D eigenvalue weighted by Crippen LogP contribution is -2.37. The van der Waals surface area contributed by atoms with Gasteiger partial charge in [0.1, 0.15) is 5.82 Å². The van der Waals surface area contributed by atoms with E-state index in [9.17, 15) is 4.79 Å². The Bertz CT molecular complexity index is 407. The van der Waals surface area contributed by atoms with Crippen molar-refractivity contribution in [1.29, 1.82) is 0 Å². The Morgan fingerprint density at radius 2 is 2.35 bits per heavy atom. The van der Waals surface area contributed by atoms with Crippen LogP contribution in [0.4, 0.5) is 5.82 Å². The van der Waals surface area contributed by atoms with Gasteiger partial charge in [0.05, 0.1) is 11.9 Å². The fourth-order valence-corrected chi connectivity index (χ4v) is 2.20. The number of anilines is 1. The second kappa shape index (κ2) is 5.12. The summed E-state index contributed by atoms with van der Waals surface area (Å²) >= 11 is 0. The van der Waals surface area contributed by atoms with Crippen LogP contribution in [0.3, 0.4) is 0 Å². The number of hydrogen-bond donors (Lipinski definition) is 1. The first-order valence-electron chi connectivity index (χ1n) is 5.96. The van der Waals surface area contributed by atoms with Crippen LogP contribution in [0, 0.1) is 0 Å². The van der Waals surface area contributed by atoms with Gasteiger partial charge in [-0.25, -0.2) is 4.98 Å². The van der Waals surface area contributed by atoms with Gasteiger partial charge in [-0.15, -0.1) is 0 Å². The summed E-state index contributed by atoms with van der Waals surface area (Å²) in [6, 6.07) is 0. The molecule has 1 aliphatic heterocycles. The van der Waals surface area contributed by atoms with Crippen molar-refractivity contribution in [3.05, 3.63) is 18.1 Å². The molecule has 1 N–H and O–H groups in total. The molecule has 0 aromatic carbocycles. The minimum absolute atomic E-state index is 0.146. The standard InChI is InChI=1S/C12H18N4O/c1-9(17)16-5-3-4-10(8-16)11-6-14-7-12(13-2)15-11/h6-7,10H,3-5,8H2,1-2H3,(H,13,15). The maximum atomic E-state index is 11.4. The maximum Gasteiger partial charge on any atom is 0.219 e. The second-order valence-electron chi connectivity index (χ2n) is 4.38. The lowest BCUT2D eigenvalue weighted by atomic mass is 9.95. The van der Waals surface area contributed by atoms with Crippen molar-refractivity contribution >= 4 is 11.7 Å². The molecule has 0 radical (unpaired) electrons. The Morgan fingerprint density at radius 1 is 1.53 bits per heavy atom. The largest absolute Gasteiger partial charge is 0.372 e. The van der Waals surface area contributed by atoms with Crippen molar-refractivity contribution in [2.75, 3.05) is 25.5 Å². The van der Waals surface area contributed by atoms with E-state index in [2.05, 4.69) is 15.3 Å². The van der Waals surface area contributed by atoms with Crippen molar-refractivity contribution in [2.24, 2.45) is 0 Å². The van der Waals surface area contributed by atoms with E-state index in [0.29, 0.717) is 5.92 Å². The number of carbonyl (C=O) groups excluding carboxylic acids is 1. The van der Waals surface area contributed by atoms with Crippen molar-refractivity contribution in [3.8, 4) is 0 Å². The van der Waals surface area contributed by atoms with E-state index in [1.807, 2.05) is 11.9 Å². The van der Waals surface area contributed by atoms with Gasteiger partial charge < -0.3 is 10.2 Å². The predicted octanol–water partition coefficient (Wildman–Crippen LogP) is 1.24. The first-order chi connectivity index (χ1) is 8.20. The SMILES string of the molecule is CNc1cncc(C2CCCN(C(C)=O)C2)n1. The Morgan fingerprint density at radius 3 is 3.06 bits per heavy atom. The van der Waals surface area contributed by atoms with E-state index in [1.165, 1.54) is 0 Å². The summed E-state index contributed by atoms with van der Waals surface area (Å²) < 4.78 is 0. The van der Waals surface area contributed by atoms with Crippen LogP contribution >= 0.6 is 0 Å². The van der Waals surface area contributed by atoms with Crippen molar-refractivity contribution < 1.29 is 4.79 Å². The molecule has 2 rings (SSSR count). The van der Waals surface area contributed by atoms with Gasteiger partial charge in [0, 0.05) is 39.2 Å². The van der Waals surface area contributed by atoms with E-state index >= 15 is 0 Å². The molecule has 5 nitrogen and oxygen atoms in total. The third-order valence-corrected chi connectivity index (χ3v) is 3.19. The summed E-state index contributed by atoms with van der Waals surface area (Å²) in [7, 11) is 1.83. The zero-order chi connectivity index (χ0) is 12.3. The van der Waals surface area contributed by atoms with Gasteiger partial charge >= 0.3 is 0 Å². The van der Waals surface area contributed by atoms with Gasteiger partial charge in [-0.3, -0.25) is 9.78 Å². The number of amides is 1. The molecule has 1 atom stereocenters. The average molecular weight is 234 g/mol. The molecule has 0 aliphatic carbocycles. The van der Waals surface area contributed by atoms with Gasteiger partial charge in [0.25, 0.3) is 0 Å². The summed E-state index contributed by atoms with van der Waals surface area (Å²) in [5.74, 6) is 1.24. The number of aromatic nitrogens is 2. The highest BCUT2D eigenvalue weighted by Gasteiger charge is 2.24. The Kier molecular flexibility index (Phi) is 3.56. The van der Waals surface area contributed by atoms with Gasteiger partial charge in [0.15, 0.2) is 0 Å². The predicted molar refractivity (Wildman–Crippen MR) is 65.8 cm³/mol. The lowest BCUT2D eigenvalue weighted by Gasteiger charge is -2.31.